The van der Waals surface area contributed by atoms with Gasteiger partial charge >= 0.3 is 6.18 Å². The molecule has 8 heteroatoms. The van der Waals surface area contributed by atoms with Gasteiger partial charge in [0.05, 0.1) is 18.4 Å². The molecule has 0 aliphatic rings. The molecule has 0 unspecified atom stereocenters. The van der Waals surface area contributed by atoms with Gasteiger partial charge in [0.25, 0.3) is 0 Å². The van der Waals surface area contributed by atoms with Crippen LogP contribution in [0.1, 0.15) is 25.1 Å². The van der Waals surface area contributed by atoms with E-state index in [9.17, 15) is 22.7 Å². The van der Waals surface area contributed by atoms with Crippen molar-refractivity contribution >= 4 is 0 Å². The molecule has 0 saturated heterocycles. The molecule has 4 rings (SSSR count). The van der Waals surface area contributed by atoms with Crippen molar-refractivity contribution in [1.82, 2.24) is 9.55 Å². The van der Waals surface area contributed by atoms with Crippen LogP contribution in [-0.2, 0) is 11.8 Å². The minimum atomic E-state index is -4.59. The van der Waals surface area contributed by atoms with E-state index >= 15 is 0 Å². The van der Waals surface area contributed by atoms with Crippen LogP contribution in [-0.4, -0.2) is 21.8 Å². The van der Waals surface area contributed by atoms with Gasteiger partial charge in [-0.3, -0.25) is 4.57 Å². The third-order valence-electron chi connectivity index (χ3n) is 5.44. The summed E-state index contributed by atoms with van der Waals surface area (Å²) in [5, 5.41) is 10.5. The second-order valence-electron chi connectivity index (χ2n) is 8.31. The summed E-state index contributed by atoms with van der Waals surface area (Å²) < 4.78 is 62.2. The van der Waals surface area contributed by atoms with Gasteiger partial charge in [0.1, 0.15) is 23.0 Å². The third kappa shape index (κ3) is 4.54. The largest absolute Gasteiger partial charge is 0.497 e. The highest BCUT2D eigenvalue weighted by molar-refractivity contribution is 5.69. The zero-order valence-corrected chi connectivity index (χ0v) is 18.7. The first-order valence-electron chi connectivity index (χ1n) is 10.4. The smallest absolute Gasteiger partial charge is 0.417 e. The Labute approximate surface area is 194 Å². The van der Waals surface area contributed by atoms with Gasteiger partial charge in [-0.2, -0.15) is 13.2 Å². The van der Waals surface area contributed by atoms with Crippen LogP contribution in [0, 0.1) is 5.82 Å². The number of alkyl halides is 3. The maximum atomic E-state index is 14.4. The Morgan fingerprint density at radius 3 is 2.21 bits per heavy atom. The number of ether oxygens (including phenoxy) is 1. The van der Waals surface area contributed by atoms with Gasteiger partial charge in [0.2, 0.25) is 0 Å². The van der Waals surface area contributed by atoms with E-state index in [1.54, 1.807) is 30.3 Å². The van der Waals surface area contributed by atoms with E-state index < -0.39 is 23.2 Å². The Morgan fingerprint density at radius 1 is 0.912 bits per heavy atom. The zero-order valence-electron chi connectivity index (χ0n) is 18.7. The number of aliphatic hydroxyl groups is 1. The van der Waals surface area contributed by atoms with E-state index in [4.69, 9.17) is 4.74 Å². The Morgan fingerprint density at radius 2 is 1.59 bits per heavy atom. The molecule has 1 N–H and O–H groups in total. The van der Waals surface area contributed by atoms with E-state index in [1.165, 1.54) is 62.1 Å². The first kappa shape index (κ1) is 23.5. The lowest BCUT2D eigenvalue weighted by Gasteiger charge is -2.14. The van der Waals surface area contributed by atoms with Crippen molar-refractivity contribution in [2.24, 2.45) is 0 Å². The molecule has 3 aromatic carbocycles. The second-order valence-corrected chi connectivity index (χ2v) is 8.31. The van der Waals surface area contributed by atoms with Crippen LogP contribution >= 0.6 is 0 Å². The van der Waals surface area contributed by atoms with E-state index in [0.717, 1.165) is 6.07 Å². The van der Waals surface area contributed by atoms with Crippen molar-refractivity contribution in [3.05, 3.63) is 90.0 Å². The lowest BCUT2D eigenvalue weighted by molar-refractivity contribution is -0.137. The Kier molecular flexibility index (Phi) is 5.95. The third-order valence-corrected chi connectivity index (χ3v) is 5.44. The maximum absolute atomic E-state index is 14.4. The topological polar surface area (TPSA) is 47.3 Å². The number of rotatable bonds is 5. The van der Waals surface area contributed by atoms with Gasteiger partial charge < -0.3 is 9.84 Å². The Hall–Kier alpha value is -3.65. The van der Waals surface area contributed by atoms with E-state index in [1.807, 2.05) is 0 Å². The fourth-order valence-corrected chi connectivity index (χ4v) is 3.64. The second kappa shape index (κ2) is 8.61. The molecule has 1 aromatic heterocycles. The van der Waals surface area contributed by atoms with Crippen LogP contribution < -0.4 is 4.74 Å². The van der Waals surface area contributed by atoms with E-state index in [2.05, 4.69) is 4.98 Å². The van der Waals surface area contributed by atoms with Crippen LogP contribution in [0.3, 0.4) is 0 Å². The maximum Gasteiger partial charge on any atom is 0.417 e. The molecule has 0 radical (unpaired) electrons. The first-order valence-corrected chi connectivity index (χ1v) is 10.4. The minimum absolute atomic E-state index is 0.0327. The van der Waals surface area contributed by atoms with Crippen molar-refractivity contribution in [3.8, 4) is 34.0 Å². The number of benzene rings is 3. The number of hydrogen-bond acceptors (Lipinski definition) is 3. The molecule has 0 atom stereocenters. The number of halogens is 4. The molecule has 0 aliphatic carbocycles. The van der Waals surface area contributed by atoms with Crippen LogP contribution in [0.25, 0.3) is 28.2 Å². The molecule has 34 heavy (non-hydrogen) atoms. The SMILES string of the molecule is COc1ccc(F)c(-c2ccc(-n3cc(C(C)(C)O)nc3-c3ccccc3C(F)(F)F)cc2)c1. The molecule has 0 amide bonds. The van der Waals surface area contributed by atoms with Crippen molar-refractivity contribution in [1.29, 1.82) is 0 Å². The van der Waals surface area contributed by atoms with Gasteiger partial charge in [0.15, 0.2) is 0 Å². The summed E-state index contributed by atoms with van der Waals surface area (Å²) in [6, 6.07) is 16.2. The molecule has 4 nitrogen and oxygen atoms in total. The fraction of sp³-hybridized carbons (Fsp3) is 0.192. The molecule has 176 valence electrons. The summed E-state index contributed by atoms with van der Waals surface area (Å²) in [5.41, 5.74) is -0.717. The van der Waals surface area contributed by atoms with Gasteiger partial charge in [-0.1, -0.05) is 30.3 Å². The van der Waals surface area contributed by atoms with Gasteiger partial charge in [-0.25, -0.2) is 9.37 Å². The zero-order chi connectivity index (χ0) is 24.7. The summed E-state index contributed by atoms with van der Waals surface area (Å²) in [6.45, 7) is 3.02. The quantitative estimate of drug-likeness (QED) is 0.334. The lowest BCUT2D eigenvalue weighted by atomic mass is 10.0. The van der Waals surface area contributed by atoms with Crippen LogP contribution in [0.2, 0.25) is 0 Å². The van der Waals surface area contributed by atoms with Crippen molar-refractivity contribution < 1.29 is 27.4 Å². The molecule has 0 fully saturated rings. The average molecular weight is 470 g/mol. The molecule has 1 heterocycles. The van der Waals surface area contributed by atoms with Crippen molar-refractivity contribution in [2.75, 3.05) is 7.11 Å². The average Bonchev–Trinajstić information content (AvgIpc) is 3.25. The van der Waals surface area contributed by atoms with Gasteiger partial charge in [-0.15, -0.1) is 0 Å². The Balaban J connectivity index is 1.86. The lowest BCUT2D eigenvalue weighted by Crippen LogP contribution is -2.15. The predicted molar refractivity (Wildman–Crippen MR) is 121 cm³/mol. The summed E-state index contributed by atoms with van der Waals surface area (Å²) in [5.74, 6) is 0.0987. The highest BCUT2D eigenvalue weighted by atomic mass is 19.4. The molecular weight excluding hydrogens is 448 g/mol. The van der Waals surface area contributed by atoms with E-state index in [0.29, 0.717) is 22.6 Å². The normalized spacial score (nSPS) is 12.1. The highest BCUT2D eigenvalue weighted by Crippen LogP contribution is 2.38. The summed E-state index contributed by atoms with van der Waals surface area (Å²) in [4.78, 5) is 4.36. The molecule has 0 spiro atoms. The molecule has 4 aromatic rings. The molecule has 0 aliphatic heterocycles. The highest BCUT2D eigenvalue weighted by Gasteiger charge is 2.35. The van der Waals surface area contributed by atoms with Crippen molar-refractivity contribution in [3.63, 3.8) is 0 Å². The summed E-state index contributed by atoms with van der Waals surface area (Å²) >= 11 is 0. The van der Waals surface area contributed by atoms with Crippen molar-refractivity contribution in [2.45, 2.75) is 25.6 Å². The monoisotopic (exact) mass is 470 g/mol. The van der Waals surface area contributed by atoms with Gasteiger partial charge in [-0.05, 0) is 55.8 Å². The first-order chi connectivity index (χ1) is 16.0. The summed E-state index contributed by atoms with van der Waals surface area (Å²) in [6.07, 6.45) is -3.08. The van der Waals surface area contributed by atoms with Crippen LogP contribution in [0.15, 0.2) is 72.9 Å². The fourth-order valence-electron chi connectivity index (χ4n) is 3.64. The number of methoxy groups -OCH3 is 1. The summed E-state index contributed by atoms with van der Waals surface area (Å²) in [7, 11) is 1.49. The number of aromatic nitrogens is 2. The predicted octanol–water partition coefficient (Wildman–Crippen LogP) is 6.60. The standard InChI is InChI=1S/C26H22F4N2O2/c1-25(2,33)23-15-32(24(31-23)19-6-4-5-7-21(19)26(28,29)30)17-10-8-16(9-11-17)20-14-18(34-3)12-13-22(20)27/h4-15,33H,1-3H3. The van der Waals surface area contributed by atoms with Gasteiger partial charge in [0, 0.05) is 23.0 Å². The molecule has 0 bridgehead atoms. The van der Waals surface area contributed by atoms with Crippen LogP contribution in [0.4, 0.5) is 17.6 Å². The number of hydrogen-bond donors (Lipinski definition) is 1. The molecular formula is C26H22F4N2O2. The molecule has 0 saturated carbocycles. The number of imidazole rings is 1. The van der Waals surface area contributed by atoms with E-state index in [-0.39, 0.29) is 17.1 Å². The minimum Gasteiger partial charge on any atom is -0.497 e. The number of nitrogens with zero attached hydrogens (tertiary/aromatic N) is 2. The Bertz CT molecular complexity index is 1320. The van der Waals surface area contributed by atoms with Crippen LogP contribution in [0.5, 0.6) is 5.75 Å².